The Labute approximate surface area is 112 Å². The van der Waals surface area contributed by atoms with Gasteiger partial charge in [0.15, 0.2) is 5.17 Å². The Balaban J connectivity index is 2.13. The van der Waals surface area contributed by atoms with E-state index in [-0.39, 0.29) is 0 Å². The van der Waals surface area contributed by atoms with Gasteiger partial charge in [0.25, 0.3) is 0 Å². The van der Waals surface area contributed by atoms with Gasteiger partial charge in [0.2, 0.25) is 0 Å². The molecule has 2 rings (SSSR count). The van der Waals surface area contributed by atoms with Crippen LogP contribution in [-0.2, 0) is 0 Å². The fourth-order valence-electron chi connectivity index (χ4n) is 1.24. The number of aliphatic imine (C=N–C) groups is 1. The van der Waals surface area contributed by atoms with E-state index < -0.39 is 0 Å². The molecule has 0 spiro atoms. The maximum atomic E-state index is 6.12. The molecule has 0 fully saturated rings. The highest BCUT2D eigenvalue weighted by Crippen LogP contribution is 2.25. The number of hydrogen-bond acceptors (Lipinski definition) is 3. The van der Waals surface area contributed by atoms with Crippen LogP contribution in [0, 0.1) is 3.57 Å². The van der Waals surface area contributed by atoms with Gasteiger partial charge in [0.1, 0.15) is 0 Å². The molecular weight excluding hydrogens is 343 g/mol. The molecule has 0 saturated heterocycles. The van der Waals surface area contributed by atoms with Crippen LogP contribution in [0.15, 0.2) is 23.2 Å². The number of thioether (sulfide) groups is 1. The van der Waals surface area contributed by atoms with Crippen molar-refractivity contribution >= 4 is 56.8 Å². The molecule has 1 aliphatic rings. The second kappa shape index (κ2) is 5.41. The van der Waals surface area contributed by atoms with E-state index in [0.29, 0.717) is 0 Å². The molecule has 0 unspecified atom stereocenters. The van der Waals surface area contributed by atoms with Crippen molar-refractivity contribution in [3.05, 3.63) is 26.8 Å². The Kier molecular flexibility index (Phi) is 4.16. The molecule has 0 saturated carbocycles. The van der Waals surface area contributed by atoms with E-state index in [9.17, 15) is 0 Å². The van der Waals surface area contributed by atoms with Crippen LogP contribution < -0.4 is 5.32 Å². The summed E-state index contributed by atoms with van der Waals surface area (Å²) in [5.41, 5.74) is 0.935. The maximum absolute atomic E-state index is 6.12. The highest BCUT2D eigenvalue weighted by Gasteiger charge is 2.08. The molecule has 0 amide bonds. The van der Waals surface area contributed by atoms with Gasteiger partial charge >= 0.3 is 0 Å². The minimum Gasteiger partial charge on any atom is -0.334 e. The Morgan fingerprint density at radius 1 is 1.47 bits per heavy atom. The largest absolute Gasteiger partial charge is 0.334 e. The van der Waals surface area contributed by atoms with Gasteiger partial charge in [0, 0.05) is 15.9 Å². The molecular formula is C10H10ClIN2S. The van der Waals surface area contributed by atoms with Crippen molar-refractivity contribution < 1.29 is 0 Å². The first-order valence-corrected chi connectivity index (χ1v) is 7.09. The maximum Gasteiger partial charge on any atom is 0.161 e. The number of rotatable bonds is 1. The summed E-state index contributed by atoms with van der Waals surface area (Å²) in [4.78, 5) is 4.40. The third kappa shape index (κ3) is 3.26. The van der Waals surface area contributed by atoms with E-state index in [4.69, 9.17) is 11.6 Å². The van der Waals surface area contributed by atoms with Gasteiger partial charge in [0.05, 0.1) is 10.7 Å². The molecule has 0 aliphatic carbocycles. The summed E-state index contributed by atoms with van der Waals surface area (Å²) in [6, 6.07) is 5.96. The van der Waals surface area contributed by atoms with Gasteiger partial charge in [-0.2, -0.15) is 0 Å². The molecule has 5 heteroatoms. The van der Waals surface area contributed by atoms with Crippen molar-refractivity contribution in [1.29, 1.82) is 0 Å². The fraction of sp³-hybridized carbons (Fsp3) is 0.300. The first kappa shape index (κ1) is 11.5. The third-order valence-electron chi connectivity index (χ3n) is 1.97. The van der Waals surface area contributed by atoms with E-state index in [1.54, 1.807) is 11.8 Å². The molecule has 0 atom stereocenters. The van der Waals surface area contributed by atoms with Crippen molar-refractivity contribution in [2.45, 2.75) is 6.42 Å². The van der Waals surface area contributed by atoms with Crippen LogP contribution in [0.5, 0.6) is 0 Å². The molecule has 1 aliphatic heterocycles. The predicted molar refractivity (Wildman–Crippen MR) is 77.2 cm³/mol. The van der Waals surface area contributed by atoms with Gasteiger partial charge in [-0.25, -0.2) is 0 Å². The zero-order valence-electron chi connectivity index (χ0n) is 7.96. The summed E-state index contributed by atoms with van der Waals surface area (Å²) in [5.74, 6) is 1.13. The summed E-state index contributed by atoms with van der Waals surface area (Å²) >= 11 is 10.1. The Morgan fingerprint density at radius 3 is 3.00 bits per heavy atom. The molecule has 2 nitrogen and oxygen atoms in total. The van der Waals surface area contributed by atoms with Gasteiger partial charge < -0.3 is 5.32 Å². The molecule has 0 aromatic heterocycles. The summed E-state index contributed by atoms with van der Waals surface area (Å²) in [5, 5.41) is 4.98. The van der Waals surface area contributed by atoms with Gasteiger partial charge in [-0.3, -0.25) is 4.99 Å². The summed E-state index contributed by atoms with van der Waals surface area (Å²) in [7, 11) is 0. The van der Waals surface area contributed by atoms with Gasteiger partial charge in [-0.15, -0.1) is 0 Å². The third-order valence-corrected chi connectivity index (χ3v) is 3.95. The average molecular weight is 353 g/mol. The van der Waals surface area contributed by atoms with E-state index in [2.05, 4.69) is 32.9 Å². The normalized spacial score (nSPS) is 16.0. The first-order valence-electron chi connectivity index (χ1n) is 4.65. The van der Waals surface area contributed by atoms with E-state index in [1.807, 2.05) is 18.2 Å². The summed E-state index contributed by atoms with van der Waals surface area (Å²) in [6.45, 7) is 0.914. The highest BCUT2D eigenvalue weighted by atomic mass is 127. The van der Waals surface area contributed by atoms with Gasteiger partial charge in [-0.05, 0) is 47.2 Å². The predicted octanol–water partition coefficient (Wildman–Crippen LogP) is 3.85. The Morgan fingerprint density at radius 2 is 2.33 bits per heavy atom. The lowest BCUT2D eigenvalue weighted by Crippen LogP contribution is -2.13. The molecule has 1 aromatic rings. The SMILES string of the molecule is Clc1cc(I)ccc1NC1=NCCCS1. The number of nitrogens with zero attached hydrogens (tertiary/aromatic N) is 1. The standard InChI is InChI=1S/C10H10ClIN2S/c11-8-6-7(12)2-3-9(8)14-10-13-4-1-5-15-10/h2-3,6H,1,4-5H2,(H,13,14). The number of halogens is 2. The number of hydrogen-bond donors (Lipinski definition) is 1. The molecule has 80 valence electrons. The van der Waals surface area contributed by atoms with Crippen LogP contribution >= 0.6 is 46.0 Å². The summed E-state index contributed by atoms with van der Waals surface area (Å²) in [6.07, 6.45) is 1.16. The van der Waals surface area contributed by atoms with Crippen LogP contribution in [0.2, 0.25) is 5.02 Å². The molecule has 1 heterocycles. The van der Waals surface area contributed by atoms with Crippen molar-refractivity contribution in [2.24, 2.45) is 4.99 Å². The van der Waals surface area contributed by atoms with E-state index >= 15 is 0 Å². The fourth-order valence-corrected chi connectivity index (χ4v) is 2.98. The highest BCUT2D eigenvalue weighted by molar-refractivity contribution is 14.1. The van der Waals surface area contributed by atoms with Crippen LogP contribution in [0.25, 0.3) is 0 Å². The smallest absolute Gasteiger partial charge is 0.161 e. The van der Waals surface area contributed by atoms with Crippen molar-refractivity contribution in [3.8, 4) is 0 Å². The number of nitrogens with one attached hydrogen (secondary N) is 1. The number of amidine groups is 1. The average Bonchev–Trinajstić information content (AvgIpc) is 2.24. The molecule has 0 bridgehead atoms. The van der Waals surface area contributed by atoms with Crippen LogP contribution in [0.3, 0.4) is 0 Å². The topological polar surface area (TPSA) is 24.4 Å². The lowest BCUT2D eigenvalue weighted by atomic mass is 10.3. The van der Waals surface area contributed by atoms with Crippen molar-refractivity contribution in [3.63, 3.8) is 0 Å². The second-order valence-electron chi connectivity index (χ2n) is 3.14. The molecule has 15 heavy (non-hydrogen) atoms. The summed E-state index contributed by atoms with van der Waals surface area (Å²) < 4.78 is 1.14. The van der Waals surface area contributed by atoms with E-state index in [0.717, 1.165) is 38.2 Å². The van der Waals surface area contributed by atoms with E-state index in [1.165, 1.54) is 0 Å². The van der Waals surface area contributed by atoms with Gasteiger partial charge in [-0.1, -0.05) is 23.4 Å². The quantitative estimate of drug-likeness (QED) is 0.776. The zero-order chi connectivity index (χ0) is 10.7. The number of anilines is 1. The van der Waals surface area contributed by atoms with Crippen LogP contribution in [0.4, 0.5) is 5.69 Å². The van der Waals surface area contributed by atoms with Crippen molar-refractivity contribution in [1.82, 2.24) is 0 Å². The molecule has 1 aromatic carbocycles. The lowest BCUT2D eigenvalue weighted by molar-refractivity contribution is 0.938. The first-order chi connectivity index (χ1) is 7.25. The Bertz CT molecular complexity index is 395. The zero-order valence-corrected chi connectivity index (χ0v) is 11.7. The lowest BCUT2D eigenvalue weighted by Gasteiger charge is -2.14. The minimum atomic E-state index is 0.746. The number of benzene rings is 1. The monoisotopic (exact) mass is 352 g/mol. The van der Waals surface area contributed by atoms with Crippen LogP contribution in [0.1, 0.15) is 6.42 Å². The minimum absolute atomic E-state index is 0.746. The molecule has 0 radical (unpaired) electrons. The Hall–Kier alpha value is 0.0600. The molecule has 1 N–H and O–H groups in total. The van der Waals surface area contributed by atoms with Crippen LogP contribution in [-0.4, -0.2) is 17.5 Å². The second-order valence-corrected chi connectivity index (χ2v) is 5.87. The van der Waals surface area contributed by atoms with Crippen molar-refractivity contribution in [2.75, 3.05) is 17.6 Å².